The van der Waals surface area contributed by atoms with E-state index in [9.17, 15) is 0 Å². The Morgan fingerprint density at radius 3 is 2.25 bits per heavy atom. The highest BCUT2D eigenvalue weighted by atomic mass is 16.5. The van der Waals surface area contributed by atoms with Crippen molar-refractivity contribution in [1.29, 1.82) is 0 Å². The zero-order chi connectivity index (χ0) is 6.41. The van der Waals surface area contributed by atoms with Gasteiger partial charge in [-0.15, -0.1) is 0 Å². The van der Waals surface area contributed by atoms with Crippen LogP contribution in [-0.4, -0.2) is 38.6 Å². The van der Waals surface area contributed by atoms with Crippen molar-refractivity contribution in [2.75, 3.05) is 27.4 Å². The van der Waals surface area contributed by atoms with Crippen LogP contribution in [-0.2, 0) is 9.47 Å². The average molecular weight is 120 g/mol. The molecule has 0 saturated carbocycles. The monoisotopic (exact) mass is 120 g/mol. The minimum absolute atomic E-state index is 0.0182. The van der Waals surface area contributed by atoms with Crippen molar-refractivity contribution in [3.05, 3.63) is 0 Å². The molecule has 50 valence electrons. The fourth-order valence-electron chi connectivity index (χ4n) is 0.381. The average Bonchev–Trinajstić information content (AvgIpc) is 1.83. The number of ether oxygens (including phenoxy) is 2. The van der Waals surface area contributed by atoms with E-state index >= 15 is 0 Å². The summed E-state index contributed by atoms with van der Waals surface area (Å²) in [7, 11) is 3.11. The number of hydrogen-bond acceptors (Lipinski definition) is 3. The molecule has 0 amide bonds. The molecule has 0 saturated heterocycles. The van der Waals surface area contributed by atoms with Gasteiger partial charge in [-0.2, -0.15) is 0 Å². The lowest BCUT2D eigenvalue weighted by molar-refractivity contribution is -0.00534. The first-order valence-electron chi connectivity index (χ1n) is 2.47. The second kappa shape index (κ2) is 5.03. The largest absolute Gasteiger partial charge is 0.394 e. The molecule has 1 N–H and O–H groups in total. The number of rotatable bonds is 4. The van der Waals surface area contributed by atoms with Gasteiger partial charge in [0.05, 0.1) is 13.2 Å². The molecular weight excluding hydrogens is 108 g/mol. The standard InChI is InChI=1S/C5H12O3/c1-7-4-5(3-6)8-2/h5-6H,3-4H2,1-2H3/t5-/m0/s1. The first kappa shape index (κ1) is 7.88. The summed E-state index contributed by atoms with van der Waals surface area (Å²) >= 11 is 0. The van der Waals surface area contributed by atoms with Gasteiger partial charge in [-0.1, -0.05) is 0 Å². The van der Waals surface area contributed by atoms with E-state index in [0.29, 0.717) is 6.61 Å². The summed E-state index contributed by atoms with van der Waals surface area (Å²) in [6.45, 7) is 0.470. The minimum Gasteiger partial charge on any atom is -0.394 e. The van der Waals surface area contributed by atoms with Gasteiger partial charge in [0.15, 0.2) is 0 Å². The molecule has 0 aliphatic carbocycles. The van der Waals surface area contributed by atoms with Gasteiger partial charge in [0.25, 0.3) is 0 Å². The predicted molar refractivity (Wildman–Crippen MR) is 29.8 cm³/mol. The maximum Gasteiger partial charge on any atom is 0.103 e. The smallest absolute Gasteiger partial charge is 0.103 e. The first-order valence-corrected chi connectivity index (χ1v) is 2.47. The van der Waals surface area contributed by atoms with E-state index in [-0.39, 0.29) is 12.7 Å². The number of methoxy groups -OCH3 is 2. The molecule has 0 bridgehead atoms. The summed E-state index contributed by atoms with van der Waals surface area (Å²) in [6, 6.07) is 0. The van der Waals surface area contributed by atoms with Gasteiger partial charge in [0.1, 0.15) is 6.10 Å². The van der Waals surface area contributed by atoms with E-state index in [4.69, 9.17) is 14.6 Å². The molecule has 0 aliphatic heterocycles. The van der Waals surface area contributed by atoms with Crippen LogP contribution in [0.5, 0.6) is 0 Å². The lowest BCUT2D eigenvalue weighted by Gasteiger charge is -2.08. The van der Waals surface area contributed by atoms with Crippen LogP contribution in [0, 0.1) is 0 Å². The zero-order valence-corrected chi connectivity index (χ0v) is 5.26. The number of aliphatic hydroxyl groups is 1. The Hall–Kier alpha value is -0.120. The van der Waals surface area contributed by atoms with Crippen LogP contribution in [0.1, 0.15) is 0 Å². The number of hydrogen-bond donors (Lipinski definition) is 1. The lowest BCUT2D eigenvalue weighted by atomic mass is 10.4. The molecule has 0 radical (unpaired) electrons. The molecule has 0 fully saturated rings. The van der Waals surface area contributed by atoms with Crippen LogP contribution in [0.3, 0.4) is 0 Å². The van der Waals surface area contributed by atoms with Crippen molar-refractivity contribution < 1.29 is 14.6 Å². The minimum atomic E-state index is -0.167. The van der Waals surface area contributed by atoms with Gasteiger partial charge < -0.3 is 14.6 Å². The van der Waals surface area contributed by atoms with Crippen LogP contribution in [0.25, 0.3) is 0 Å². The summed E-state index contributed by atoms with van der Waals surface area (Å²) in [6.07, 6.45) is -0.167. The Labute approximate surface area is 49.2 Å². The SMILES string of the molecule is COC[C@H](CO)OC. The fourth-order valence-corrected chi connectivity index (χ4v) is 0.381. The zero-order valence-electron chi connectivity index (χ0n) is 5.26. The van der Waals surface area contributed by atoms with E-state index in [1.807, 2.05) is 0 Å². The molecule has 0 aromatic carbocycles. The lowest BCUT2D eigenvalue weighted by Crippen LogP contribution is -2.21. The first-order chi connectivity index (χ1) is 3.85. The Morgan fingerprint density at radius 1 is 1.50 bits per heavy atom. The molecule has 0 aromatic heterocycles. The maximum atomic E-state index is 8.45. The predicted octanol–water partition coefficient (Wildman–Crippen LogP) is -0.360. The Morgan fingerprint density at radius 2 is 2.12 bits per heavy atom. The molecule has 3 heteroatoms. The van der Waals surface area contributed by atoms with Crippen molar-refractivity contribution in [1.82, 2.24) is 0 Å². The van der Waals surface area contributed by atoms with Crippen LogP contribution in [0.15, 0.2) is 0 Å². The Kier molecular flexibility index (Phi) is 4.95. The van der Waals surface area contributed by atoms with Gasteiger partial charge in [0.2, 0.25) is 0 Å². The van der Waals surface area contributed by atoms with Gasteiger partial charge in [-0.3, -0.25) is 0 Å². The van der Waals surface area contributed by atoms with Crippen molar-refractivity contribution in [3.8, 4) is 0 Å². The van der Waals surface area contributed by atoms with E-state index in [1.165, 1.54) is 0 Å². The molecule has 0 rings (SSSR count). The van der Waals surface area contributed by atoms with Crippen LogP contribution >= 0.6 is 0 Å². The molecule has 8 heavy (non-hydrogen) atoms. The molecule has 3 nitrogen and oxygen atoms in total. The van der Waals surface area contributed by atoms with Gasteiger partial charge in [-0.25, -0.2) is 0 Å². The van der Waals surface area contributed by atoms with Crippen LogP contribution in [0.2, 0.25) is 0 Å². The summed E-state index contributed by atoms with van der Waals surface area (Å²) in [4.78, 5) is 0. The fraction of sp³-hybridized carbons (Fsp3) is 1.00. The van der Waals surface area contributed by atoms with Gasteiger partial charge >= 0.3 is 0 Å². The highest BCUT2D eigenvalue weighted by Gasteiger charge is 2.01. The van der Waals surface area contributed by atoms with Crippen molar-refractivity contribution in [2.24, 2.45) is 0 Å². The van der Waals surface area contributed by atoms with E-state index in [2.05, 4.69) is 0 Å². The normalized spacial score (nSPS) is 13.9. The van der Waals surface area contributed by atoms with Crippen molar-refractivity contribution >= 4 is 0 Å². The van der Waals surface area contributed by atoms with Crippen molar-refractivity contribution in [3.63, 3.8) is 0 Å². The summed E-state index contributed by atoms with van der Waals surface area (Å²) in [5, 5.41) is 8.45. The Balaban J connectivity index is 3.07. The highest BCUT2D eigenvalue weighted by molar-refractivity contribution is 4.49. The van der Waals surface area contributed by atoms with Crippen LogP contribution < -0.4 is 0 Å². The van der Waals surface area contributed by atoms with E-state index in [1.54, 1.807) is 14.2 Å². The molecule has 0 aromatic rings. The topological polar surface area (TPSA) is 38.7 Å². The Bertz CT molecular complexity index is 42.9. The summed E-state index contributed by atoms with van der Waals surface area (Å²) in [5.74, 6) is 0. The third-order valence-electron chi connectivity index (χ3n) is 0.890. The van der Waals surface area contributed by atoms with Crippen LogP contribution in [0.4, 0.5) is 0 Å². The quantitative estimate of drug-likeness (QED) is 0.550. The second-order valence-electron chi connectivity index (χ2n) is 1.50. The molecular formula is C5H12O3. The third-order valence-corrected chi connectivity index (χ3v) is 0.890. The molecule has 0 unspecified atom stereocenters. The van der Waals surface area contributed by atoms with Gasteiger partial charge in [-0.05, 0) is 0 Å². The molecule has 0 aliphatic rings. The van der Waals surface area contributed by atoms with E-state index in [0.717, 1.165) is 0 Å². The molecule has 1 atom stereocenters. The van der Waals surface area contributed by atoms with Crippen molar-refractivity contribution in [2.45, 2.75) is 6.10 Å². The van der Waals surface area contributed by atoms with E-state index < -0.39 is 0 Å². The summed E-state index contributed by atoms with van der Waals surface area (Å²) in [5.41, 5.74) is 0. The van der Waals surface area contributed by atoms with Gasteiger partial charge in [0, 0.05) is 14.2 Å². The highest BCUT2D eigenvalue weighted by Crippen LogP contribution is 1.86. The third kappa shape index (κ3) is 2.96. The number of aliphatic hydroxyl groups excluding tert-OH is 1. The second-order valence-corrected chi connectivity index (χ2v) is 1.50. The maximum absolute atomic E-state index is 8.45. The molecule has 0 heterocycles. The summed E-state index contributed by atoms with van der Waals surface area (Å²) < 4.78 is 9.47. The molecule has 0 spiro atoms.